The number of carbonyl (C=O) groups excluding carboxylic acids is 1. The number of ketones is 1. The molecule has 0 aromatic carbocycles. The summed E-state index contributed by atoms with van der Waals surface area (Å²) < 4.78 is 0. The fraction of sp³-hybridized carbons (Fsp3) is 0.857. The van der Waals surface area contributed by atoms with E-state index in [9.17, 15) is 15.0 Å². The number of hydrogen-bond donors (Lipinski definition) is 2. The van der Waals surface area contributed by atoms with Gasteiger partial charge in [-0.1, -0.05) is 13.8 Å². The van der Waals surface area contributed by atoms with E-state index in [0.717, 1.165) is 44.8 Å². The van der Waals surface area contributed by atoms with Crippen LogP contribution in [0.4, 0.5) is 0 Å². The first-order chi connectivity index (χ1) is 11.2. The summed E-state index contributed by atoms with van der Waals surface area (Å²) >= 11 is 0. The SMILES string of the molecule is C[C@]12C/C(=C\O)C(=O)CC1CC[C@@H]1[C@@H]2CC[C@@]2(C)[C@H]1CC[C@@]2(C)O. The number of allylic oxidation sites excluding steroid dienone is 1. The van der Waals surface area contributed by atoms with Gasteiger partial charge in [0.25, 0.3) is 0 Å². The smallest absolute Gasteiger partial charge is 0.162 e. The highest BCUT2D eigenvalue weighted by Crippen LogP contribution is 2.68. The van der Waals surface area contributed by atoms with Gasteiger partial charge in [-0.05, 0) is 86.4 Å². The summed E-state index contributed by atoms with van der Waals surface area (Å²) in [5, 5.41) is 20.5. The first-order valence-electron chi connectivity index (χ1n) is 9.82. The number of rotatable bonds is 0. The second-order valence-electron chi connectivity index (χ2n) is 9.88. The molecule has 0 bridgehead atoms. The number of aliphatic hydroxyl groups is 2. The van der Waals surface area contributed by atoms with Crippen LogP contribution in [0.15, 0.2) is 11.8 Å². The van der Waals surface area contributed by atoms with E-state index in [1.807, 2.05) is 6.92 Å². The summed E-state index contributed by atoms with van der Waals surface area (Å²) in [5.74, 6) is 2.55. The lowest BCUT2D eigenvalue weighted by molar-refractivity contribution is -0.147. The molecule has 0 aliphatic heterocycles. The van der Waals surface area contributed by atoms with Gasteiger partial charge >= 0.3 is 0 Å². The zero-order valence-corrected chi connectivity index (χ0v) is 15.3. The molecule has 7 atom stereocenters. The maximum Gasteiger partial charge on any atom is 0.162 e. The lowest BCUT2D eigenvalue weighted by Gasteiger charge is -2.61. The molecule has 0 aromatic heterocycles. The van der Waals surface area contributed by atoms with Crippen molar-refractivity contribution >= 4 is 5.78 Å². The molecular formula is C21H32O3. The fourth-order valence-electron chi connectivity index (χ4n) is 7.37. The Bertz CT molecular complexity index is 592. The minimum atomic E-state index is -0.529. The van der Waals surface area contributed by atoms with E-state index in [1.54, 1.807) is 0 Å². The van der Waals surface area contributed by atoms with Gasteiger partial charge in [-0.3, -0.25) is 4.79 Å². The Morgan fingerprint density at radius 1 is 1.04 bits per heavy atom. The van der Waals surface area contributed by atoms with E-state index in [4.69, 9.17) is 0 Å². The Hall–Kier alpha value is -0.830. The lowest BCUT2D eigenvalue weighted by atomic mass is 9.44. The van der Waals surface area contributed by atoms with Crippen LogP contribution >= 0.6 is 0 Å². The Kier molecular flexibility index (Phi) is 3.53. The summed E-state index contributed by atoms with van der Waals surface area (Å²) in [6, 6.07) is 0. The lowest BCUT2D eigenvalue weighted by Crippen LogP contribution is -2.56. The van der Waals surface area contributed by atoms with Crippen molar-refractivity contribution in [3.8, 4) is 0 Å². The topological polar surface area (TPSA) is 57.5 Å². The van der Waals surface area contributed by atoms with Crippen molar-refractivity contribution in [1.82, 2.24) is 0 Å². The van der Waals surface area contributed by atoms with Gasteiger partial charge in [-0.15, -0.1) is 0 Å². The van der Waals surface area contributed by atoms with Gasteiger partial charge in [-0.2, -0.15) is 0 Å². The van der Waals surface area contributed by atoms with Crippen LogP contribution in [0.1, 0.15) is 72.1 Å². The summed E-state index contributed by atoms with van der Waals surface area (Å²) in [5.41, 5.74) is 0.304. The number of hydrogen-bond acceptors (Lipinski definition) is 3. The molecule has 3 heteroatoms. The molecule has 0 amide bonds. The van der Waals surface area contributed by atoms with Gasteiger partial charge in [0.05, 0.1) is 11.9 Å². The van der Waals surface area contributed by atoms with Crippen molar-refractivity contribution in [1.29, 1.82) is 0 Å². The number of aliphatic hydroxyl groups excluding tert-OH is 1. The number of Topliss-reactive ketones (excluding diaryl/α,β-unsaturated/α-hetero) is 1. The van der Waals surface area contributed by atoms with E-state index in [1.165, 1.54) is 6.42 Å². The highest BCUT2D eigenvalue weighted by atomic mass is 16.3. The van der Waals surface area contributed by atoms with Crippen LogP contribution < -0.4 is 0 Å². The standard InChI is InChI=1S/C21H32O3/c1-19-11-13(12-22)18(23)10-14(19)4-5-15-16(19)6-8-20(2)17(15)7-9-21(20,3)24/h12,14-17,22,24H,4-11H2,1-3H3/b13-12+/t14?,15-,16+,17+,19+,20+,21-/m1/s1. The van der Waals surface area contributed by atoms with Gasteiger partial charge in [0.1, 0.15) is 0 Å². The molecule has 4 rings (SSSR count). The van der Waals surface area contributed by atoms with Crippen molar-refractivity contribution < 1.29 is 15.0 Å². The third kappa shape index (κ3) is 1.97. The summed E-state index contributed by atoms with van der Waals surface area (Å²) in [6.07, 6.45) is 9.11. The Labute approximate surface area is 145 Å². The van der Waals surface area contributed by atoms with E-state index < -0.39 is 5.60 Å². The van der Waals surface area contributed by atoms with Gasteiger partial charge in [0.15, 0.2) is 5.78 Å². The average molecular weight is 332 g/mol. The van der Waals surface area contributed by atoms with Crippen LogP contribution in [0.3, 0.4) is 0 Å². The first-order valence-corrected chi connectivity index (χ1v) is 9.82. The Morgan fingerprint density at radius 2 is 1.75 bits per heavy atom. The van der Waals surface area contributed by atoms with Gasteiger partial charge in [0, 0.05) is 12.0 Å². The van der Waals surface area contributed by atoms with Gasteiger partial charge < -0.3 is 10.2 Å². The van der Waals surface area contributed by atoms with E-state index in [2.05, 4.69) is 13.8 Å². The monoisotopic (exact) mass is 332 g/mol. The molecule has 1 unspecified atom stereocenters. The molecule has 0 saturated heterocycles. The van der Waals surface area contributed by atoms with E-state index >= 15 is 0 Å². The number of fused-ring (bicyclic) bond motifs is 5. The quantitative estimate of drug-likeness (QED) is 0.510. The van der Waals surface area contributed by atoms with Crippen molar-refractivity contribution in [3.05, 3.63) is 11.8 Å². The minimum absolute atomic E-state index is 0.0531. The second-order valence-corrected chi connectivity index (χ2v) is 9.88. The summed E-state index contributed by atoms with van der Waals surface area (Å²) in [4.78, 5) is 12.2. The third-order valence-electron chi connectivity index (χ3n) is 9.14. The molecule has 2 N–H and O–H groups in total. The summed E-state index contributed by atoms with van der Waals surface area (Å²) in [6.45, 7) is 6.74. The van der Waals surface area contributed by atoms with Gasteiger partial charge in [-0.25, -0.2) is 0 Å². The molecule has 4 fully saturated rings. The zero-order chi connectivity index (χ0) is 17.3. The van der Waals surface area contributed by atoms with Crippen molar-refractivity contribution in [3.63, 3.8) is 0 Å². The molecule has 0 heterocycles. The molecule has 4 saturated carbocycles. The van der Waals surface area contributed by atoms with Crippen LogP contribution in [-0.2, 0) is 4.79 Å². The summed E-state index contributed by atoms with van der Waals surface area (Å²) in [7, 11) is 0. The Morgan fingerprint density at radius 3 is 2.46 bits per heavy atom. The normalized spacial score (nSPS) is 55.8. The maximum atomic E-state index is 12.2. The molecule has 3 nitrogen and oxygen atoms in total. The van der Waals surface area contributed by atoms with Crippen molar-refractivity contribution in [2.24, 2.45) is 34.5 Å². The van der Waals surface area contributed by atoms with Crippen LogP contribution in [-0.4, -0.2) is 21.6 Å². The van der Waals surface area contributed by atoms with E-state index in [-0.39, 0.29) is 16.6 Å². The molecule has 24 heavy (non-hydrogen) atoms. The predicted molar refractivity (Wildman–Crippen MR) is 93.5 cm³/mol. The van der Waals surface area contributed by atoms with Crippen LogP contribution in [0.5, 0.6) is 0 Å². The molecule has 0 spiro atoms. The molecule has 0 radical (unpaired) electrons. The van der Waals surface area contributed by atoms with E-state index in [0.29, 0.717) is 35.7 Å². The molecule has 134 valence electrons. The highest BCUT2D eigenvalue weighted by molar-refractivity contribution is 5.96. The van der Waals surface area contributed by atoms with Crippen molar-refractivity contribution in [2.45, 2.75) is 77.7 Å². The van der Waals surface area contributed by atoms with Crippen LogP contribution in [0.2, 0.25) is 0 Å². The predicted octanol–water partition coefficient (Wildman–Crippen LogP) is 4.40. The second kappa shape index (κ2) is 5.09. The molecule has 4 aliphatic carbocycles. The third-order valence-corrected chi connectivity index (χ3v) is 9.14. The molecular weight excluding hydrogens is 300 g/mol. The van der Waals surface area contributed by atoms with Crippen LogP contribution in [0.25, 0.3) is 0 Å². The van der Waals surface area contributed by atoms with Gasteiger partial charge in [0.2, 0.25) is 0 Å². The van der Waals surface area contributed by atoms with Crippen molar-refractivity contribution in [2.75, 3.05) is 0 Å². The first kappa shape index (κ1) is 16.6. The van der Waals surface area contributed by atoms with Crippen LogP contribution in [0, 0.1) is 34.5 Å². The largest absolute Gasteiger partial charge is 0.515 e. The minimum Gasteiger partial charge on any atom is -0.515 e. The zero-order valence-electron chi connectivity index (χ0n) is 15.3. The highest BCUT2D eigenvalue weighted by Gasteiger charge is 2.63. The number of carbonyl (C=O) groups is 1. The fourth-order valence-corrected chi connectivity index (χ4v) is 7.37. The maximum absolute atomic E-state index is 12.2. The molecule has 4 aliphatic rings. The Balaban J connectivity index is 1.67. The average Bonchev–Trinajstić information content (AvgIpc) is 2.77. The molecule has 0 aromatic rings.